The second kappa shape index (κ2) is 5.16. The lowest BCUT2D eigenvalue weighted by atomic mass is 10.1. The summed E-state index contributed by atoms with van der Waals surface area (Å²) in [5.41, 5.74) is 6.23. The zero-order chi connectivity index (χ0) is 13.1. The van der Waals surface area contributed by atoms with Gasteiger partial charge < -0.3 is 10.6 Å². The van der Waals surface area contributed by atoms with Crippen LogP contribution in [-0.4, -0.2) is 28.2 Å². The van der Waals surface area contributed by atoms with E-state index in [-0.39, 0.29) is 17.6 Å². The van der Waals surface area contributed by atoms with E-state index in [1.165, 1.54) is 0 Å². The smallest absolute Gasteiger partial charge is 0.267 e. The van der Waals surface area contributed by atoms with Gasteiger partial charge in [-0.25, -0.2) is 4.98 Å². The molecule has 1 aliphatic heterocycles. The molecule has 0 saturated carbocycles. The highest BCUT2D eigenvalue weighted by Gasteiger charge is 2.30. The number of carbonyl (C=O) groups excluding carboxylic acids is 2. The van der Waals surface area contributed by atoms with E-state index in [0.717, 1.165) is 25.1 Å². The average Bonchev–Trinajstić information content (AvgIpc) is 2.87. The van der Waals surface area contributed by atoms with Crippen molar-refractivity contribution in [2.24, 2.45) is 5.73 Å². The van der Waals surface area contributed by atoms with Gasteiger partial charge in [-0.3, -0.25) is 9.59 Å². The van der Waals surface area contributed by atoms with Crippen LogP contribution in [0, 0.1) is 0 Å². The van der Waals surface area contributed by atoms with Gasteiger partial charge in [0.25, 0.3) is 5.91 Å². The molecule has 0 aliphatic carbocycles. The quantitative estimate of drug-likeness (QED) is 0.873. The van der Waals surface area contributed by atoms with E-state index in [4.69, 9.17) is 5.73 Å². The minimum Gasteiger partial charge on any atom is -0.364 e. The lowest BCUT2D eigenvalue weighted by Crippen LogP contribution is -2.30. The minimum atomic E-state index is -0.539. The van der Waals surface area contributed by atoms with Crippen molar-refractivity contribution < 1.29 is 9.59 Å². The maximum atomic E-state index is 11.8. The van der Waals surface area contributed by atoms with Crippen LogP contribution in [0.2, 0.25) is 0 Å². The SMILES string of the molecule is CCC(=O)N1CCC[C@@H]1c1cccc(C(N)=O)n1. The van der Waals surface area contributed by atoms with E-state index in [9.17, 15) is 9.59 Å². The molecule has 1 aromatic rings. The zero-order valence-corrected chi connectivity index (χ0v) is 10.4. The monoisotopic (exact) mass is 247 g/mol. The Balaban J connectivity index is 2.27. The standard InChI is InChI=1S/C13H17N3O2/c1-2-12(17)16-8-4-7-11(16)9-5-3-6-10(15-9)13(14)18/h3,5-6,11H,2,4,7-8H2,1H3,(H2,14,18)/t11-/m1/s1. The highest BCUT2D eigenvalue weighted by atomic mass is 16.2. The predicted molar refractivity (Wildman–Crippen MR) is 66.7 cm³/mol. The maximum absolute atomic E-state index is 11.8. The Morgan fingerprint density at radius 1 is 1.50 bits per heavy atom. The summed E-state index contributed by atoms with van der Waals surface area (Å²) in [5.74, 6) is -0.410. The van der Waals surface area contributed by atoms with Crippen LogP contribution in [0.5, 0.6) is 0 Å². The van der Waals surface area contributed by atoms with Crippen LogP contribution in [-0.2, 0) is 4.79 Å². The Bertz CT molecular complexity index is 473. The van der Waals surface area contributed by atoms with Crippen molar-refractivity contribution in [2.75, 3.05) is 6.54 Å². The topological polar surface area (TPSA) is 76.3 Å². The van der Waals surface area contributed by atoms with Crippen molar-refractivity contribution in [1.29, 1.82) is 0 Å². The zero-order valence-electron chi connectivity index (χ0n) is 10.4. The molecule has 18 heavy (non-hydrogen) atoms. The molecule has 0 radical (unpaired) electrons. The molecule has 0 aromatic carbocycles. The fraction of sp³-hybridized carbons (Fsp3) is 0.462. The largest absolute Gasteiger partial charge is 0.364 e. The second-order valence-electron chi connectivity index (χ2n) is 4.41. The van der Waals surface area contributed by atoms with E-state index in [0.29, 0.717) is 6.42 Å². The number of primary amides is 1. The fourth-order valence-corrected chi connectivity index (χ4v) is 2.35. The van der Waals surface area contributed by atoms with Gasteiger partial charge in [0, 0.05) is 13.0 Å². The van der Waals surface area contributed by atoms with Crippen molar-refractivity contribution in [1.82, 2.24) is 9.88 Å². The number of amides is 2. The first-order valence-corrected chi connectivity index (χ1v) is 6.19. The van der Waals surface area contributed by atoms with E-state index in [1.807, 2.05) is 17.9 Å². The lowest BCUT2D eigenvalue weighted by Gasteiger charge is -2.24. The van der Waals surface area contributed by atoms with Crippen molar-refractivity contribution in [3.05, 3.63) is 29.6 Å². The minimum absolute atomic E-state index is 0.0169. The van der Waals surface area contributed by atoms with Gasteiger partial charge in [0.15, 0.2) is 0 Å². The van der Waals surface area contributed by atoms with Gasteiger partial charge in [-0.2, -0.15) is 0 Å². The molecule has 0 bridgehead atoms. The van der Waals surface area contributed by atoms with Crippen molar-refractivity contribution in [3.63, 3.8) is 0 Å². The average molecular weight is 247 g/mol. The van der Waals surface area contributed by atoms with E-state index < -0.39 is 5.91 Å². The Morgan fingerprint density at radius 3 is 2.94 bits per heavy atom. The molecule has 1 atom stereocenters. The highest BCUT2D eigenvalue weighted by Crippen LogP contribution is 2.31. The third kappa shape index (κ3) is 2.34. The van der Waals surface area contributed by atoms with E-state index >= 15 is 0 Å². The molecule has 5 heteroatoms. The Hall–Kier alpha value is -1.91. The van der Waals surface area contributed by atoms with Gasteiger partial charge in [0.2, 0.25) is 5.91 Å². The molecule has 0 spiro atoms. The van der Waals surface area contributed by atoms with Gasteiger partial charge in [0.05, 0.1) is 11.7 Å². The number of nitrogens with zero attached hydrogens (tertiary/aromatic N) is 2. The molecule has 2 amide bonds. The van der Waals surface area contributed by atoms with E-state index in [1.54, 1.807) is 12.1 Å². The first-order valence-electron chi connectivity index (χ1n) is 6.19. The summed E-state index contributed by atoms with van der Waals surface area (Å²) < 4.78 is 0. The number of nitrogens with two attached hydrogens (primary N) is 1. The molecule has 2 heterocycles. The Morgan fingerprint density at radius 2 is 2.28 bits per heavy atom. The number of hydrogen-bond acceptors (Lipinski definition) is 3. The second-order valence-corrected chi connectivity index (χ2v) is 4.41. The molecule has 1 saturated heterocycles. The lowest BCUT2D eigenvalue weighted by molar-refractivity contribution is -0.131. The maximum Gasteiger partial charge on any atom is 0.267 e. The molecule has 1 aromatic heterocycles. The first kappa shape index (κ1) is 12.5. The van der Waals surface area contributed by atoms with Crippen LogP contribution >= 0.6 is 0 Å². The number of hydrogen-bond donors (Lipinski definition) is 1. The normalized spacial score (nSPS) is 18.9. The summed E-state index contributed by atoms with van der Waals surface area (Å²) in [5, 5.41) is 0. The third-order valence-corrected chi connectivity index (χ3v) is 3.24. The number of rotatable bonds is 3. The summed E-state index contributed by atoms with van der Waals surface area (Å²) in [4.78, 5) is 29.0. The molecule has 96 valence electrons. The number of likely N-dealkylation sites (tertiary alicyclic amines) is 1. The molecule has 1 aliphatic rings. The van der Waals surface area contributed by atoms with Gasteiger partial charge >= 0.3 is 0 Å². The van der Waals surface area contributed by atoms with Crippen molar-refractivity contribution >= 4 is 11.8 Å². The summed E-state index contributed by atoms with van der Waals surface area (Å²) >= 11 is 0. The van der Waals surface area contributed by atoms with Crippen LogP contribution in [0.25, 0.3) is 0 Å². The molecule has 1 fully saturated rings. The van der Waals surface area contributed by atoms with Crippen LogP contribution in [0.1, 0.15) is 48.4 Å². The molecular formula is C13H17N3O2. The Labute approximate surface area is 106 Å². The molecule has 0 unspecified atom stereocenters. The van der Waals surface area contributed by atoms with Crippen LogP contribution in [0.15, 0.2) is 18.2 Å². The number of carbonyl (C=O) groups is 2. The van der Waals surface area contributed by atoms with Crippen LogP contribution in [0.4, 0.5) is 0 Å². The molecular weight excluding hydrogens is 230 g/mol. The molecule has 2 N–H and O–H groups in total. The predicted octanol–water partition coefficient (Wildman–Crippen LogP) is 1.25. The van der Waals surface area contributed by atoms with Gasteiger partial charge in [-0.15, -0.1) is 0 Å². The summed E-state index contributed by atoms with van der Waals surface area (Å²) in [6.45, 7) is 2.62. The third-order valence-electron chi connectivity index (χ3n) is 3.24. The summed E-state index contributed by atoms with van der Waals surface area (Å²) in [7, 11) is 0. The van der Waals surface area contributed by atoms with Gasteiger partial charge in [0.1, 0.15) is 5.69 Å². The summed E-state index contributed by atoms with van der Waals surface area (Å²) in [6, 6.07) is 5.18. The van der Waals surface area contributed by atoms with Gasteiger partial charge in [-0.1, -0.05) is 13.0 Å². The molecule has 5 nitrogen and oxygen atoms in total. The first-order chi connectivity index (χ1) is 8.63. The van der Waals surface area contributed by atoms with Crippen molar-refractivity contribution in [2.45, 2.75) is 32.2 Å². The van der Waals surface area contributed by atoms with Crippen molar-refractivity contribution in [3.8, 4) is 0 Å². The highest BCUT2D eigenvalue weighted by molar-refractivity contribution is 5.90. The number of aromatic nitrogens is 1. The van der Waals surface area contributed by atoms with E-state index in [2.05, 4.69) is 4.98 Å². The Kier molecular flexibility index (Phi) is 3.60. The summed E-state index contributed by atoms with van der Waals surface area (Å²) in [6.07, 6.45) is 2.35. The number of pyridine rings is 1. The van der Waals surface area contributed by atoms with Crippen LogP contribution < -0.4 is 5.73 Å². The molecule has 2 rings (SSSR count). The van der Waals surface area contributed by atoms with Gasteiger partial charge in [-0.05, 0) is 25.0 Å². The van der Waals surface area contributed by atoms with Crippen LogP contribution in [0.3, 0.4) is 0 Å². The fourth-order valence-electron chi connectivity index (χ4n) is 2.35.